The number of aromatic nitrogens is 1. The van der Waals surface area contributed by atoms with Crippen molar-refractivity contribution in [2.45, 2.75) is 71.3 Å². The van der Waals surface area contributed by atoms with Crippen molar-refractivity contribution in [1.29, 1.82) is 0 Å². The van der Waals surface area contributed by atoms with Gasteiger partial charge in [0.1, 0.15) is 11.4 Å². The molecule has 11 heteroatoms. The molecule has 2 amide bonds. The second-order valence-electron chi connectivity index (χ2n) is 13.6. The molecule has 0 aliphatic heterocycles. The molecule has 260 valence electrons. The number of anilines is 2. The van der Waals surface area contributed by atoms with Crippen molar-refractivity contribution < 1.29 is 36.6 Å². The molecule has 0 spiro atoms. The van der Waals surface area contributed by atoms with E-state index in [1.54, 1.807) is 69.4 Å². The van der Waals surface area contributed by atoms with Crippen molar-refractivity contribution >= 4 is 23.4 Å². The smallest absolute Gasteiger partial charge is 0.414 e. The third-order valence-corrected chi connectivity index (χ3v) is 7.38. The fraction of sp³-hybridized carbons (Fsp3) is 0.342. The van der Waals surface area contributed by atoms with E-state index in [4.69, 9.17) is 9.47 Å². The van der Waals surface area contributed by atoms with Crippen LogP contribution in [0.3, 0.4) is 0 Å². The Hall–Kier alpha value is -4.93. The van der Waals surface area contributed by atoms with Gasteiger partial charge in [-0.15, -0.1) is 0 Å². The fourth-order valence-electron chi connectivity index (χ4n) is 4.97. The van der Waals surface area contributed by atoms with Crippen LogP contribution in [0.4, 0.5) is 33.7 Å². The van der Waals surface area contributed by atoms with Crippen LogP contribution in [0.15, 0.2) is 91.1 Å². The Balaban J connectivity index is 1.59. The standard InChI is InChI=1S/C38H41F4N3O4/c1-36(2,3)31-12-9-11-30(25-13-19-29(20-14-25)48-24-38(41,42)34(39)40)32(31)33(46)44-27-15-17-28(18-16-27)45(35(47)49-37(4,5)6)23-21-26-10-7-8-22-43-26/h7-20,22,34H,21,23-24H2,1-6H3,(H,44,46). The Bertz CT molecular complexity index is 1720. The average Bonchev–Trinajstić information content (AvgIpc) is 3.03. The summed E-state index contributed by atoms with van der Waals surface area (Å²) in [5.41, 5.74) is 3.10. The summed E-state index contributed by atoms with van der Waals surface area (Å²) < 4.78 is 62.4. The lowest BCUT2D eigenvalue weighted by molar-refractivity contribution is -0.148. The van der Waals surface area contributed by atoms with Gasteiger partial charge in [0.15, 0.2) is 6.61 Å². The van der Waals surface area contributed by atoms with Gasteiger partial charge in [-0.1, -0.05) is 57.2 Å². The Morgan fingerprint density at radius 3 is 2.10 bits per heavy atom. The van der Waals surface area contributed by atoms with Gasteiger partial charge in [-0.05, 0) is 91.4 Å². The van der Waals surface area contributed by atoms with Crippen molar-refractivity contribution in [2.75, 3.05) is 23.4 Å². The maximum absolute atomic E-state index is 14.0. The van der Waals surface area contributed by atoms with E-state index < -0.39 is 36.1 Å². The second kappa shape index (κ2) is 15.1. The normalized spacial score (nSPS) is 12.1. The second-order valence-corrected chi connectivity index (χ2v) is 13.6. The minimum atomic E-state index is -4.28. The van der Waals surface area contributed by atoms with Gasteiger partial charge in [0.05, 0.1) is 5.56 Å². The molecule has 0 saturated carbocycles. The van der Waals surface area contributed by atoms with Crippen molar-refractivity contribution in [3.8, 4) is 16.9 Å². The topological polar surface area (TPSA) is 80.8 Å². The Kier molecular flexibility index (Phi) is 11.4. The quantitative estimate of drug-likeness (QED) is 0.160. The molecule has 1 heterocycles. The molecule has 3 aromatic carbocycles. The number of nitrogens with zero attached hydrogens (tertiary/aromatic N) is 2. The summed E-state index contributed by atoms with van der Waals surface area (Å²) in [5.74, 6) is -4.68. The lowest BCUT2D eigenvalue weighted by Crippen LogP contribution is -2.38. The molecule has 4 aromatic rings. The number of alkyl halides is 4. The molecule has 4 rings (SSSR count). The van der Waals surface area contributed by atoms with Crippen LogP contribution in [-0.4, -0.2) is 48.1 Å². The summed E-state index contributed by atoms with van der Waals surface area (Å²) in [4.78, 5) is 33.1. The number of rotatable bonds is 11. The van der Waals surface area contributed by atoms with Gasteiger partial charge in [0.2, 0.25) is 0 Å². The molecule has 7 nitrogen and oxygen atoms in total. The van der Waals surface area contributed by atoms with E-state index in [9.17, 15) is 27.2 Å². The third kappa shape index (κ3) is 10.0. The number of hydrogen-bond acceptors (Lipinski definition) is 5. The molecule has 0 fully saturated rings. The van der Waals surface area contributed by atoms with Crippen molar-refractivity contribution in [2.24, 2.45) is 0 Å². The summed E-state index contributed by atoms with van der Waals surface area (Å²) in [7, 11) is 0. The first-order valence-electron chi connectivity index (χ1n) is 15.8. The predicted molar refractivity (Wildman–Crippen MR) is 183 cm³/mol. The number of pyridine rings is 1. The van der Waals surface area contributed by atoms with Gasteiger partial charge in [0.25, 0.3) is 5.91 Å². The minimum absolute atomic E-state index is 0.0115. The van der Waals surface area contributed by atoms with Gasteiger partial charge >= 0.3 is 18.4 Å². The van der Waals surface area contributed by atoms with Crippen LogP contribution in [0.5, 0.6) is 5.75 Å². The maximum Gasteiger partial charge on any atom is 0.414 e. The number of hydrogen-bond donors (Lipinski definition) is 1. The molecule has 0 bridgehead atoms. The largest absolute Gasteiger partial charge is 0.487 e. The summed E-state index contributed by atoms with van der Waals surface area (Å²) in [5, 5.41) is 2.97. The predicted octanol–water partition coefficient (Wildman–Crippen LogP) is 9.56. The molecule has 0 radical (unpaired) electrons. The zero-order valence-corrected chi connectivity index (χ0v) is 28.4. The van der Waals surface area contributed by atoms with Crippen LogP contribution in [0.1, 0.15) is 63.2 Å². The molecule has 0 saturated heterocycles. The van der Waals surface area contributed by atoms with Gasteiger partial charge < -0.3 is 14.8 Å². The first kappa shape index (κ1) is 36.9. The van der Waals surface area contributed by atoms with Crippen molar-refractivity contribution in [3.05, 3.63) is 108 Å². The van der Waals surface area contributed by atoms with Gasteiger partial charge in [-0.3, -0.25) is 14.7 Å². The number of carbonyl (C=O) groups is 2. The van der Waals surface area contributed by atoms with Gasteiger partial charge in [0, 0.05) is 36.2 Å². The molecule has 1 N–H and O–H groups in total. The molecule has 49 heavy (non-hydrogen) atoms. The number of nitrogens with one attached hydrogen (secondary N) is 1. The number of halogens is 4. The highest BCUT2D eigenvalue weighted by molar-refractivity contribution is 6.10. The summed E-state index contributed by atoms with van der Waals surface area (Å²) in [6, 6.07) is 23.9. The van der Waals surface area contributed by atoms with Gasteiger partial charge in [-0.25, -0.2) is 13.6 Å². The van der Waals surface area contributed by atoms with Crippen molar-refractivity contribution in [1.82, 2.24) is 4.98 Å². The van der Waals surface area contributed by atoms with Crippen LogP contribution in [0.25, 0.3) is 11.1 Å². The maximum atomic E-state index is 14.0. The fourth-order valence-corrected chi connectivity index (χ4v) is 4.97. The zero-order valence-electron chi connectivity index (χ0n) is 28.4. The first-order valence-corrected chi connectivity index (χ1v) is 15.8. The van der Waals surface area contributed by atoms with Crippen LogP contribution >= 0.6 is 0 Å². The molecular weight excluding hydrogens is 638 g/mol. The molecule has 1 aromatic heterocycles. The van der Waals surface area contributed by atoms with E-state index in [0.717, 1.165) is 11.3 Å². The molecule has 0 aliphatic carbocycles. The number of benzene rings is 3. The molecular formula is C38H41F4N3O4. The lowest BCUT2D eigenvalue weighted by Gasteiger charge is -2.27. The molecule has 0 aliphatic rings. The Morgan fingerprint density at radius 2 is 1.53 bits per heavy atom. The highest BCUT2D eigenvalue weighted by Crippen LogP contribution is 2.35. The molecule has 0 atom stereocenters. The van der Waals surface area contributed by atoms with E-state index in [1.165, 1.54) is 17.0 Å². The number of amides is 2. The van der Waals surface area contributed by atoms with Crippen LogP contribution in [-0.2, 0) is 16.6 Å². The van der Waals surface area contributed by atoms with E-state index in [2.05, 4.69) is 10.3 Å². The minimum Gasteiger partial charge on any atom is -0.487 e. The SMILES string of the molecule is CC(C)(C)OC(=O)N(CCc1ccccn1)c1ccc(NC(=O)c2c(-c3ccc(OCC(F)(F)C(F)F)cc3)cccc2C(C)(C)C)cc1. The van der Waals surface area contributed by atoms with E-state index in [-0.39, 0.29) is 11.7 Å². The highest BCUT2D eigenvalue weighted by Gasteiger charge is 2.41. The number of carbonyl (C=O) groups excluding carboxylic acids is 2. The lowest BCUT2D eigenvalue weighted by atomic mass is 9.80. The Labute approximate surface area is 284 Å². The summed E-state index contributed by atoms with van der Waals surface area (Å²) in [6.07, 6.45) is -2.16. The van der Waals surface area contributed by atoms with Crippen LogP contribution in [0.2, 0.25) is 0 Å². The first-order chi connectivity index (χ1) is 22.9. The zero-order chi connectivity index (χ0) is 36.0. The van der Waals surface area contributed by atoms with Crippen molar-refractivity contribution in [3.63, 3.8) is 0 Å². The van der Waals surface area contributed by atoms with Crippen LogP contribution in [0, 0.1) is 0 Å². The van der Waals surface area contributed by atoms with Gasteiger partial charge in [-0.2, -0.15) is 8.78 Å². The summed E-state index contributed by atoms with van der Waals surface area (Å²) >= 11 is 0. The third-order valence-electron chi connectivity index (χ3n) is 7.38. The average molecular weight is 680 g/mol. The molecule has 0 unspecified atom stereocenters. The van der Waals surface area contributed by atoms with E-state index in [1.807, 2.05) is 51.1 Å². The summed E-state index contributed by atoms with van der Waals surface area (Å²) in [6.45, 7) is 10.2. The van der Waals surface area contributed by atoms with E-state index >= 15 is 0 Å². The highest BCUT2D eigenvalue weighted by atomic mass is 19.3. The number of ether oxygens (including phenoxy) is 2. The van der Waals surface area contributed by atoms with E-state index in [0.29, 0.717) is 41.0 Å². The monoisotopic (exact) mass is 679 g/mol. The Morgan fingerprint density at radius 1 is 0.857 bits per heavy atom. The van der Waals surface area contributed by atoms with Crippen LogP contribution < -0.4 is 15.0 Å².